The number of morpholine rings is 1. The van der Waals surface area contributed by atoms with Crippen LogP contribution in [0.2, 0.25) is 0 Å². The topological polar surface area (TPSA) is 55.8 Å². The molecule has 0 aromatic heterocycles. The molecule has 5 heteroatoms. The third-order valence-electron chi connectivity index (χ3n) is 3.60. The molecule has 1 aliphatic rings. The van der Waals surface area contributed by atoms with Crippen LogP contribution in [-0.4, -0.2) is 33.4 Å². The van der Waals surface area contributed by atoms with Gasteiger partial charge in [0, 0.05) is 18.8 Å². The molecular formula is C15H15NO4. The lowest BCUT2D eigenvalue weighted by molar-refractivity contribution is 0.122. The van der Waals surface area contributed by atoms with Crippen molar-refractivity contribution in [2.75, 3.05) is 38.3 Å². The second-order valence-electron chi connectivity index (χ2n) is 4.71. The molecule has 0 aliphatic carbocycles. The van der Waals surface area contributed by atoms with Crippen molar-refractivity contribution in [2.45, 2.75) is 0 Å². The van der Waals surface area contributed by atoms with E-state index in [-0.39, 0.29) is 5.75 Å². The van der Waals surface area contributed by atoms with E-state index in [9.17, 15) is 9.59 Å². The molecule has 0 unspecified atom stereocenters. The van der Waals surface area contributed by atoms with Gasteiger partial charge in [0.2, 0.25) is 5.43 Å². The van der Waals surface area contributed by atoms with Crippen LogP contribution < -0.4 is 20.5 Å². The van der Waals surface area contributed by atoms with Crippen molar-refractivity contribution in [1.82, 2.24) is 0 Å². The predicted molar refractivity (Wildman–Crippen MR) is 76.4 cm³/mol. The van der Waals surface area contributed by atoms with Crippen LogP contribution in [0.1, 0.15) is 0 Å². The Kier molecular flexibility index (Phi) is 3.28. The van der Waals surface area contributed by atoms with Crippen LogP contribution in [0.15, 0.2) is 33.9 Å². The van der Waals surface area contributed by atoms with Crippen molar-refractivity contribution in [3.05, 3.63) is 44.7 Å². The van der Waals surface area contributed by atoms with Gasteiger partial charge in [-0.15, -0.1) is 0 Å². The average Bonchev–Trinajstić information content (AvgIpc) is 2.52. The number of hydrogen-bond donors (Lipinski definition) is 0. The molecular weight excluding hydrogens is 258 g/mol. The van der Waals surface area contributed by atoms with Gasteiger partial charge in [-0.05, 0) is 17.7 Å². The van der Waals surface area contributed by atoms with Gasteiger partial charge < -0.3 is 14.4 Å². The maximum Gasteiger partial charge on any atom is 0.268 e. The summed E-state index contributed by atoms with van der Waals surface area (Å²) in [5, 5.41) is 0. The smallest absolute Gasteiger partial charge is 0.268 e. The second kappa shape index (κ2) is 5.09. The van der Waals surface area contributed by atoms with E-state index >= 15 is 0 Å². The van der Waals surface area contributed by atoms with E-state index in [2.05, 4.69) is 4.90 Å². The highest BCUT2D eigenvalue weighted by molar-refractivity contribution is 5.75. The Labute approximate surface area is 116 Å². The van der Waals surface area contributed by atoms with E-state index in [0.29, 0.717) is 5.56 Å². The molecule has 0 saturated carbocycles. The van der Waals surface area contributed by atoms with E-state index in [1.165, 1.54) is 7.11 Å². The minimum absolute atomic E-state index is 0.161. The normalized spacial score (nSPS) is 15.6. The van der Waals surface area contributed by atoms with Crippen LogP contribution >= 0.6 is 0 Å². The number of rotatable bonds is 3. The Hall–Kier alpha value is -2.14. The average molecular weight is 273 g/mol. The van der Waals surface area contributed by atoms with Crippen LogP contribution in [-0.2, 0) is 4.74 Å². The van der Waals surface area contributed by atoms with Crippen LogP contribution in [0, 0.1) is 0 Å². The lowest BCUT2D eigenvalue weighted by Crippen LogP contribution is -2.36. The van der Waals surface area contributed by atoms with Crippen molar-refractivity contribution in [3.8, 4) is 16.9 Å². The molecule has 0 atom stereocenters. The Morgan fingerprint density at radius 1 is 1.05 bits per heavy atom. The van der Waals surface area contributed by atoms with Gasteiger partial charge in [-0.1, -0.05) is 12.1 Å². The van der Waals surface area contributed by atoms with Crippen LogP contribution in [0.5, 0.6) is 5.75 Å². The summed E-state index contributed by atoms with van der Waals surface area (Å²) in [5.41, 5.74) is 1.19. The molecule has 0 N–H and O–H groups in total. The molecule has 0 spiro atoms. The van der Waals surface area contributed by atoms with Gasteiger partial charge in [0.15, 0.2) is 5.75 Å². The Morgan fingerprint density at radius 3 is 2.30 bits per heavy atom. The molecule has 104 valence electrons. The number of benzene rings is 1. The van der Waals surface area contributed by atoms with Gasteiger partial charge in [0.25, 0.3) is 5.43 Å². The zero-order valence-corrected chi connectivity index (χ0v) is 11.2. The van der Waals surface area contributed by atoms with Gasteiger partial charge >= 0.3 is 0 Å². The van der Waals surface area contributed by atoms with Gasteiger partial charge in [-0.3, -0.25) is 9.59 Å². The highest BCUT2D eigenvalue weighted by Gasteiger charge is 2.23. The van der Waals surface area contributed by atoms with Crippen molar-refractivity contribution >= 4 is 5.69 Å². The zero-order chi connectivity index (χ0) is 14.1. The fourth-order valence-electron chi connectivity index (χ4n) is 2.49. The molecule has 1 aliphatic heterocycles. The number of ether oxygens (including phenoxy) is 2. The van der Waals surface area contributed by atoms with Crippen molar-refractivity contribution < 1.29 is 9.47 Å². The minimum Gasteiger partial charge on any atom is -0.492 e. The Bertz CT molecular complexity index is 677. The predicted octanol–water partition coefficient (Wildman–Crippen LogP) is 0.795. The van der Waals surface area contributed by atoms with Crippen LogP contribution in [0.3, 0.4) is 0 Å². The summed E-state index contributed by atoms with van der Waals surface area (Å²) < 4.78 is 10.3. The standard InChI is InChI=1S/C15H15NO4/c1-19-15-12(13(17)14(15)18)10-2-4-11(5-3-10)16-6-8-20-9-7-16/h2-5H,6-9H2,1H3. The minimum atomic E-state index is -0.542. The molecule has 1 heterocycles. The largest absolute Gasteiger partial charge is 0.492 e. The molecule has 20 heavy (non-hydrogen) atoms. The fourth-order valence-corrected chi connectivity index (χ4v) is 2.49. The summed E-state index contributed by atoms with van der Waals surface area (Å²) in [4.78, 5) is 25.2. The number of methoxy groups -OCH3 is 1. The van der Waals surface area contributed by atoms with Crippen molar-refractivity contribution in [2.24, 2.45) is 0 Å². The van der Waals surface area contributed by atoms with Gasteiger partial charge in [-0.25, -0.2) is 0 Å². The molecule has 2 aromatic rings. The number of nitrogens with zero attached hydrogens (tertiary/aromatic N) is 1. The summed E-state index contributed by atoms with van der Waals surface area (Å²) in [6.07, 6.45) is 0. The Balaban J connectivity index is 1.88. The summed E-state index contributed by atoms with van der Waals surface area (Å²) in [6.45, 7) is 3.19. The van der Waals surface area contributed by atoms with E-state index in [4.69, 9.17) is 9.47 Å². The quantitative estimate of drug-likeness (QED) is 0.774. The molecule has 1 saturated heterocycles. The van der Waals surface area contributed by atoms with E-state index in [0.717, 1.165) is 37.6 Å². The monoisotopic (exact) mass is 273 g/mol. The highest BCUT2D eigenvalue weighted by atomic mass is 16.5. The molecule has 2 aromatic carbocycles. The highest BCUT2D eigenvalue weighted by Crippen LogP contribution is 2.27. The van der Waals surface area contributed by atoms with Gasteiger partial charge in [-0.2, -0.15) is 0 Å². The summed E-state index contributed by atoms with van der Waals surface area (Å²) in [5.74, 6) is 0.161. The van der Waals surface area contributed by atoms with E-state index < -0.39 is 10.9 Å². The maximum absolute atomic E-state index is 11.6. The van der Waals surface area contributed by atoms with Crippen LogP contribution in [0.25, 0.3) is 11.1 Å². The number of hydrogen-bond acceptors (Lipinski definition) is 5. The first-order valence-corrected chi connectivity index (χ1v) is 6.53. The maximum atomic E-state index is 11.6. The summed E-state index contributed by atoms with van der Waals surface area (Å²) in [6, 6.07) is 7.61. The second-order valence-corrected chi connectivity index (χ2v) is 4.71. The molecule has 0 radical (unpaired) electrons. The zero-order valence-electron chi connectivity index (χ0n) is 11.2. The third kappa shape index (κ3) is 2.00. The fraction of sp³-hybridized carbons (Fsp3) is 0.333. The lowest BCUT2D eigenvalue weighted by Gasteiger charge is -2.29. The van der Waals surface area contributed by atoms with Gasteiger partial charge in [0.1, 0.15) is 0 Å². The SMILES string of the molecule is COc1c(-c2ccc(N3CCOCC3)cc2)c(=O)c1=O. The molecule has 1 fully saturated rings. The Morgan fingerprint density at radius 2 is 1.70 bits per heavy atom. The van der Waals surface area contributed by atoms with Gasteiger partial charge in [0.05, 0.1) is 25.9 Å². The van der Waals surface area contributed by atoms with E-state index in [1.807, 2.05) is 24.3 Å². The summed E-state index contributed by atoms with van der Waals surface area (Å²) >= 11 is 0. The molecule has 0 bridgehead atoms. The van der Waals surface area contributed by atoms with Crippen molar-refractivity contribution in [3.63, 3.8) is 0 Å². The van der Waals surface area contributed by atoms with Crippen molar-refractivity contribution in [1.29, 1.82) is 0 Å². The molecule has 3 rings (SSSR count). The summed E-state index contributed by atoms with van der Waals surface area (Å²) in [7, 11) is 1.40. The first-order chi connectivity index (χ1) is 9.72. The first kappa shape index (κ1) is 12.9. The lowest BCUT2D eigenvalue weighted by atomic mass is 9.99. The molecule has 0 amide bonds. The third-order valence-corrected chi connectivity index (χ3v) is 3.60. The molecule has 5 nitrogen and oxygen atoms in total. The van der Waals surface area contributed by atoms with E-state index in [1.54, 1.807) is 0 Å². The number of anilines is 1. The van der Waals surface area contributed by atoms with Crippen LogP contribution in [0.4, 0.5) is 5.69 Å². The first-order valence-electron chi connectivity index (χ1n) is 6.53.